The highest BCUT2D eigenvalue weighted by atomic mass is 32.2. The van der Waals surface area contributed by atoms with Crippen molar-refractivity contribution < 1.29 is 13.2 Å². The summed E-state index contributed by atoms with van der Waals surface area (Å²) in [6.07, 6.45) is 0. The molecule has 0 N–H and O–H groups in total. The Kier molecular flexibility index (Phi) is 4.28. The van der Waals surface area contributed by atoms with Gasteiger partial charge in [-0.05, 0) is 23.6 Å². The summed E-state index contributed by atoms with van der Waals surface area (Å²) >= 11 is 2.39. The van der Waals surface area contributed by atoms with E-state index in [-0.39, 0.29) is 23.9 Å². The molecule has 0 saturated carbocycles. The molecule has 0 radical (unpaired) electrons. The average molecular weight is 395 g/mol. The standard InChI is InChI=1S/C15H14N4O3S3/c20-15(12-4-2-10-23-12)18-6-8-19(9-7-18)25(21,22)13-5-1-3-11-14(13)17-24-16-11/h1-5,10H,6-9H2. The monoisotopic (exact) mass is 394 g/mol. The molecule has 7 nitrogen and oxygen atoms in total. The third kappa shape index (κ3) is 2.95. The van der Waals surface area contributed by atoms with Gasteiger partial charge in [-0.2, -0.15) is 13.1 Å². The van der Waals surface area contributed by atoms with Crippen LogP contribution in [0.15, 0.2) is 40.6 Å². The molecule has 10 heteroatoms. The number of piperazine rings is 1. The quantitative estimate of drug-likeness (QED) is 0.677. The number of rotatable bonds is 3. The van der Waals surface area contributed by atoms with E-state index in [2.05, 4.69) is 8.75 Å². The second kappa shape index (κ2) is 6.45. The van der Waals surface area contributed by atoms with Crippen molar-refractivity contribution in [3.63, 3.8) is 0 Å². The Labute approximate surface area is 152 Å². The van der Waals surface area contributed by atoms with Crippen LogP contribution in [0.3, 0.4) is 0 Å². The molecule has 0 bridgehead atoms. The third-order valence-electron chi connectivity index (χ3n) is 4.12. The number of nitrogens with zero attached hydrogens (tertiary/aromatic N) is 4. The second-order valence-corrected chi connectivity index (χ2v) is 8.94. The molecule has 1 aliphatic rings. The first kappa shape index (κ1) is 16.6. The lowest BCUT2D eigenvalue weighted by Gasteiger charge is -2.33. The zero-order chi connectivity index (χ0) is 17.4. The van der Waals surface area contributed by atoms with Crippen LogP contribution in [0.5, 0.6) is 0 Å². The van der Waals surface area contributed by atoms with E-state index in [1.54, 1.807) is 29.2 Å². The first-order valence-electron chi connectivity index (χ1n) is 7.61. The van der Waals surface area contributed by atoms with E-state index in [0.717, 1.165) is 11.7 Å². The topological polar surface area (TPSA) is 83.5 Å². The summed E-state index contributed by atoms with van der Waals surface area (Å²) in [6, 6.07) is 8.60. The predicted octanol–water partition coefficient (Wildman–Crippen LogP) is 1.90. The summed E-state index contributed by atoms with van der Waals surface area (Å²) in [5.41, 5.74) is 0.988. The van der Waals surface area contributed by atoms with Crippen molar-refractivity contribution in [3.05, 3.63) is 40.6 Å². The highest BCUT2D eigenvalue weighted by Gasteiger charge is 2.32. The Morgan fingerprint density at radius 2 is 1.84 bits per heavy atom. The minimum Gasteiger partial charge on any atom is -0.335 e. The maximum Gasteiger partial charge on any atom is 0.264 e. The maximum atomic E-state index is 13.0. The minimum absolute atomic E-state index is 0.0437. The number of aromatic nitrogens is 2. The Balaban J connectivity index is 1.54. The van der Waals surface area contributed by atoms with E-state index >= 15 is 0 Å². The lowest BCUT2D eigenvalue weighted by molar-refractivity contribution is 0.0703. The van der Waals surface area contributed by atoms with Gasteiger partial charge in [0.05, 0.1) is 16.6 Å². The number of thiophene rings is 1. The highest BCUT2D eigenvalue weighted by Crippen LogP contribution is 2.25. The molecule has 2 aromatic heterocycles. The minimum atomic E-state index is -3.66. The second-order valence-electron chi connectivity index (χ2n) is 5.56. The number of amides is 1. The highest BCUT2D eigenvalue weighted by molar-refractivity contribution is 7.89. The van der Waals surface area contributed by atoms with Gasteiger partial charge < -0.3 is 4.90 Å². The van der Waals surface area contributed by atoms with Gasteiger partial charge in [0.15, 0.2) is 0 Å². The van der Waals surface area contributed by atoms with Crippen molar-refractivity contribution in [2.75, 3.05) is 26.2 Å². The van der Waals surface area contributed by atoms with Crippen molar-refractivity contribution in [2.45, 2.75) is 4.90 Å². The van der Waals surface area contributed by atoms with Gasteiger partial charge in [0.1, 0.15) is 15.9 Å². The summed E-state index contributed by atoms with van der Waals surface area (Å²) < 4.78 is 35.6. The number of carbonyl (C=O) groups excluding carboxylic acids is 1. The van der Waals surface area contributed by atoms with Gasteiger partial charge in [0.25, 0.3) is 5.91 Å². The number of hydrogen-bond donors (Lipinski definition) is 0. The van der Waals surface area contributed by atoms with Gasteiger partial charge in [-0.3, -0.25) is 4.79 Å². The molecule has 1 saturated heterocycles. The Hall–Kier alpha value is -1.88. The number of carbonyl (C=O) groups is 1. The van der Waals surface area contributed by atoms with Gasteiger partial charge >= 0.3 is 0 Å². The summed E-state index contributed by atoms with van der Waals surface area (Å²) in [4.78, 5) is 14.9. The van der Waals surface area contributed by atoms with Gasteiger partial charge in [-0.15, -0.1) is 11.3 Å². The molecule has 1 amide bonds. The largest absolute Gasteiger partial charge is 0.335 e. The van der Waals surface area contributed by atoms with Crippen molar-refractivity contribution in [2.24, 2.45) is 0 Å². The van der Waals surface area contributed by atoms with Crippen molar-refractivity contribution in [3.8, 4) is 0 Å². The van der Waals surface area contributed by atoms with E-state index in [1.165, 1.54) is 15.6 Å². The molecule has 0 spiro atoms. The van der Waals surface area contributed by atoms with Crippen LogP contribution < -0.4 is 0 Å². The summed E-state index contributed by atoms with van der Waals surface area (Å²) in [5, 5.41) is 1.86. The predicted molar refractivity (Wildman–Crippen MR) is 96.4 cm³/mol. The van der Waals surface area contributed by atoms with Crippen molar-refractivity contribution >= 4 is 50.0 Å². The average Bonchev–Trinajstić information content (AvgIpc) is 3.32. The molecular formula is C15H14N4O3S3. The number of fused-ring (bicyclic) bond motifs is 1. The van der Waals surface area contributed by atoms with E-state index in [9.17, 15) is 13.2 Å². The molecule has 0 unspecified atom stereocenters. The van der Waals surface area contributed by atoms with E-state index in [4.69, 9.17) is 0 Å². The van der Waals surface area contributed by atoms with Crippen LogP contribution in [0, 0.1) is 0 Å². The SMILES string of the molecule is O=C(c1cccs1)N1CCN(S(=O)(=O)c2cccc3nsnc23)CC1. The summed E-state index contributed by atoms with van der Waals surface area (Å²) in [5.74, 6) is -0.0437. The lowest BCUT2D eigenvalue weighted by atomic mass is 10.3. The fourth-order valence-corrected chi connectivity index (χ4v) is 5.68. The molecule has 0 atom stereocenters. The zero-order valence-electron chi connectivity index (χ0n) is 13.0. The number of sulfonamides is 1. The Morgan fingerprint density at radius 1 is 1.04 bits per heavy atom. The van der Waals surface area contributed by atoms with Crippen molar-refractivity contribution in [1.29, 1.82) is 0 Å². The van der Waals surface area contributed by atoms with Crippen LogP contribution in [-0.2, 0) is 10.0 Å². The normalized spacial score (nSPS) is 16.4. The van der Waals surface area contributed by atoms with Crippen LogP contribution in [0.1, 0.15) is 9.67 Å². The van der Waals surface area contributed by atoms with Crippen LogP contribution in [-0.4, -0.2) is 58.5 Å². The van der Waals surface area contributed by atoms with Gasteiger partial charge in [-0.25, -0.2) is 8.42 Å². The molecule has 1 aromatic carbocycles. The first-order valence-corrected chi connectivity index (χ1v) is 10.7. The van der Waals surface area contributed by atoms with Crippen LogP contribution in [0.4, 0.5) is 0 Å². The molecule has 130 valence electrons. The lowest BCUT2D eigenvalue weighted by Crippen LogP contribution is -2.50. The van der Waals surface area contributed by atoms with E-state index < -0.39 is 10.0 Å². The zero-order valence-corrected chi connectivity index (χ0v) is 15.5. The molecule has 25 heavy (non-hydrogen) atoms. The molecule has 1 aliphatic heterocycles. The molecule has 1 fully saturated rings. The number of benzene rings is 1. The fourth-order valence-electron chi connectivity index (χ4n) is 2.82. The molecule has 3 heterocycles. The smallest absolute Gasteiger partial charge is 0.264 e. The Bertz CT molecular complexity index is 1010. The molecular weight excluding hydrogens is 380 g/mol. The molecule has 0 aliphatic carbocycles. The molecule has 4 rings (SSSR count). The van der Waals surface area contributed by atoms with Crippen molar-refractivity contribution in [1.82, 2.24) is 18.0 Å². The van der Waals surface area contributed by atoms with Gasteiger partial charge in [0, 0.05) is 26.2 Å². The fraction of sp³-hybridized carbons (Fsp3) is 0.267. The first-order chi connectivity index (χ1) is 12.1. The number of hydrogen-bond acceptors (Lipinski definition) is 7. The van der Waals surface area contributed by atoms with Crippen LogP contribution in [0.25, 0.3) is 11.0 Å². The molecule has 3 aromatic rings. The summed E-state index contributed by atoms with van der Waals surface area (Å²) in [7, 11) is -3.66. The maximum absolute atomic E-state index is 13.0. The van der Waals surface area contributed by atoms with E-state index in [1.807, 2.05) is 11.4 Å². The summed E-state index contributed by atoms with van der Waals surface area (Å²) in [6.45, 7) is 1.29. The van der Waals surface area contributed by atoms with Crippen LogP contribution in [0.2, 0.25) is 0 Å². The van der Waals surface area contributed by atoms with Gasteiger partial charge in [-0.1, -0.05) is 12.1 Å². The van der Waals surface area contributed by atoms with Crippen LogP contribution >= 0.6 is 23.1 Å². The Morgan fingerprint density at radius 3 is 2.56 bits per heavy atom. The van der Waals surface area contributed by atoms with Gasteiger partial charge in [0.2, 0.25) is 10.0 Å². The van der Waals surface area contributed by atoms with E-state index in [0.29, 0.717) is 29.0 Å². The third-order valence-corrected chi connectivity index (χ3v) is 7.46.